The van der Waals surface area contributed by atoms with Gasteiger partial charge < -0.3 is 9.47 Å². The molecule has 0 amide bonds. The first-order valence-electron chi connectivity index (χ1n) is 9.57. The molecule has 1 aliphatic heterocycles. The molecule has 0 aliphatic carbocycles. The van der Waals surface area contributed by atoms with E-state index in [1.165, 1.54) is 5.56 Å². The zero-order chi connectivity index (χ0) is 19.5. The van der Waals surface area contributed by atoms with Crippen molar-refractivity contribution in [1.29, 1.82) is 0 Å². The lowest BCUT2D eigenvalue weighted by molar-refractivity contribution is -0.0350. The molecule has 0 radical (unpaired) electrons. The maximum Gasteiger partial charge on any atom is 0.118 e. The SMILES string of the molecule is COc1ccc(-c2cccc([C@@H]3CN(Cc4cn(C)nc4C)CCO3)n2)cc1. The molecule has 6 nitrogen and oxygen atoms in total. The fourth-order valence-electron chi connectivity index (χ4n) is 3.62. The summed E-state index contributed by atoms with van der Waals surface area (Å²) in [6.45, 7) is 5.40. The highest BCUT2D eigenvalue weighted by Gasteiger charge is 2.24. The van der Waals surface area contributed by atoms with Crippen LogP contribution in [0, 0.1) is 6.92 Å². The van der Waals surface area contributed by atoms with Crippen molar-refractivity contribution in [2.24, 2.45) is 7.05 Å². The molecule has 2 aromatic heterocycles. The van der Waals surface area contributed by atoms with Crippen molar-refractivity contribution in [3.8, 4) is 17.0 Å². The topological polar surface area (TPSA) is 52.4 Å². The molecule has 6 heteroatoms. The van der Waals surface area contributed by atoms with E-state index in [0.29, 0.717) is 6.61 Å². The Labute approximate surface area is 165 Å². The molecule has 1 aliphatic rings. The highest BCUT2D eigenvalue weighted by molar-refractivity contribution is 5.60. The van der Waals surface area contributed by atoms with E-state index in [1.54, 1.807) is 7.11 Å². The lowest BCUT2D eigenvalue weighted by Crippen LogP contribution is -2.38. The van der Waals surface area contributed by atoms with Crippen molar-refractivity contribution >= 4 is 0 Å². The molecule has 0 saturated carbocycles. The summed E-state index contributed by atoms with van der Waals surface area (Å²) in [5, 5.41) is 4.45. The van der Waals surface area contributed by atoms with Crippen LogP contribution >= 0.6 is 0 Å². The number of methoxy groups -OCH3 is 1. The third-order valence-electron chi connectivity index (χ3n) is 5.15. The summed E-state index contributed by atoms with van der Waals surface area (Å²) in [4.78, 5) is 7.29. The zero-order valence-electron chi connectivity index (χ0n) is 16.6. The molecule has 0 spiro atoms. The summed E-state index contributed by atoms with van der Waals surface area (Å²) in [7, 11) is 3.64. The molecule has 3 aromatic rings. The van der Waals surface area contributed by atoms with Crippen LogP contribution in [0.25, 0.3) is 11.3 Å². The van der Waals surface area contributed by atoms with E-state index in [-0.39, 0.29) is 6.10 Å². The van der Waals surface area contributed by atoms with Gasteiger partial charge in [0.15, 0.2) is 0 Å². The average molecular weight is 378 g/mol. The summed E-state index contributed by atoms with van der Waals surface area (Å²) in [5.74, 6) is 0.844. The van der Waals surface area contributed by atoms with Crippen LogP contribution in [-0.2, 0) is 18.3 Å². The first-order chi connectivity index (χ1) is 13.6. The summed E-state index contributed by atoms with van der Waals surface area (Å²) in [6, 6.07) is 14.1. The van der Waals surface area contributed by atoms with Crippen LogP contribution < -0.4 is 4.74 Å². The lowest BCUT2D eigenvalue weighted by Gasteiger charge is -2.32. The third kappa shape index (κ3) is 4.08. The van der Waals surface area contributed by atoms with Gasteiger partial charge in [0.2, 0.25) is 0 Å². The van der Waals surface area contributed by atoms with Crippen LogP contribution in [0.3, 0.4) is 0 Å². The Kier molecular flexibility index (Phi) is 5.41. The van der Waals surface area contributed by atoms with Gasteiger partial charge in [-0.3, -0.25) is 14.6 Å². The van der Waals surface area contributed by atoms with Gasteiger partial charge in [-0.25, -0.2) is 0 Å². The summed E-state index contributed by atoms with van der Waals surface area (Å²) in [5.41, 5.74) is 5.35. The largest absolute Gasteiger partial charge is 0.497 e. The van der Waals surface area contributed by atoms with E-state index in [0.717, 1.165) is 48.0 Å². The molecule has 1 aromatic carbocycles. The van der Waals surface area contributed by atoms with Gasteiger partial charge in [-0.2, -0.15) is 5.10 Å². The maximum absolute atomic E-state index is 6.05. The summed E-state index contributed by atoms with van der Waals surface area (Å²) >= 11 is 0. The molecule has 0 bridgehead atoms. The molecular formula is C22H26N4O2. The fraction of sp³-hybridized carbons (Fsp3) is 0.364. The Balaban J connectivity index is 1.49. The van der Waals surface area contributed by atoms with Crippen molar-refractivity contribution in [2.75, 3.05) is 26.8 Å². The molecule has 1 fully saturated rings. The number of aromatic nitrogens is 3. The van der Waals surface area contributed by atoms with Crippen LogP contribution in [0.5, 0.6) is 5.75 Å². The number of hydrogen-bond acceptors (Lipinski definition) is 5. The second-order valence-electron chi connectivity index (χ2n) is 7.18. The summed E-state index contributed by atoms with van der Waals surface area (Å²) < 4.78 is 13.2. The number of aryl methyl sites for hydroxylation is 2. The minimum atomic E-state index is -0.0241. The molecular weight excluding hydrogens is 352 g/mol. The first-order valence-corrected chi connectivity index (χ1v) is 9.57. The van der Waals surface area contributed by atoms with Crippen LogP contribution in [0.4, 0.5) is 0 Å². The van der Waals surface area contributed by atoms with Gasteiger partial charge >= 0.3 is 0 Å². The maximum atomic E-state index is 6.05. The fourth-order valence-corrected chi connectivity index (χ4v) is 3.62. The molecule has 0 unspecified atom stereocenters. The first kappa shape index (κ1) is 18.7. The van der Waals surface area contributed by atoms with E-state index < -0.39 is 0 Å². The third-order valence-corrected chi connectivity index (χ3v) is 5.15. The van der Waals surface area contributed by atoms with Gasteiger partial charge in [-0.15, -0.1) is 0 Å². The Bertz CT molecular complexity index is 936. The standard InChI is InChI=1S/C22H26N4O2/c1-16-18(13-25(2)24-16)14-26-11-12-28-22(15-26)21-6-4-5-20(23-21)17-7-9-19(27-3)10-8-17/h4-10,13,22H,11-12,14-15H2,1-3H3/t22-/m0/s1. The number of benzene rings is 1. The van der Waals surface area contributed by atoms with Gasteiger partial charge in [0.1, 0.15) is 11.9 Å². The highest BCUT2D eigenvalue weighted by atomic mass is 16.5. The number of hydrogen-bond donors (Lipinski definition) is 0. The Morgan fingerprint density at radius 2 is 2.00 bits per heavy atom. The monoisotopic (exact) mass is 378 g/mol. The van der Waals surface area contributed by atoms with Crippen molar-refractivity contribution < 1.29 is 9.47 Å². The van der Waals surface area contributed by atoms with Crippen molar-refractivity contribution in [3.63, 3.8) is 0 Å². The van der Waals surface area contributed by atoms with Gasteiger partial charge in [0.25, 0.3) is 0 Å². The quantitative estimate of drug-likeness (QED) is 0.681. The van der Waals surface area contributed by atoms with Crippen LogP contribution in [0.15, 0.2) is 48.7 Å². The Morgan fingerprint density at radius 3 is 2.71 bits per heavy atom. The smallest absolute Gasteiger partial charge is 0.118 e. The molecule has 0 N–H and O–H groups in total. The van der Waals surface area contributed by atoms with Crippen molar-refractivity contribution in [1.82, 2.24) is 19.7 Å². The van der Waals surface area contributed by atoms with Gasteiger partial charge in [0, 0.05) is 44.0 Å². The average Bonchev–Trinajstić information content (AvgIpc) is 3.05. The number of morpholine rings is 1. The van der Waals surface area contributed by atoms with E-state index >= 15 is 0 Å². The van der Waals surface area contributed by atoms with E-state index in [4.69, 9.17) is 14.5 Å². The minimum Gasteiger partial charge on any atom is -0.497 e. The molecule has 28 heavy (non-hydrogen) atoms. The minimum absolute atomic E-state index is 0.0241. The van der Waals surface area contributed by atoms with E-state index in [9.17, 15) is 0 Å². The molecule has 1 atom stereocenters. The van der Waals surface area contributed by atoms with Crippen LogP contribution in [-0.4, -0.2) is 46.5 Å². The van der Waals surface area contributed by atoms with E-state index in [2.05, 4.69) is 35.3 Å². The number of nitrogens with zero attached hydrogens (tertiary/aromatic N) is 4. The molecule has 3 heterocycles. The van der Waals surface area contributed by atoms with Crippen molar-refractivity contribution in [2.45, 2.75) is 19.6 Å². The Morgan fingerprint density at radius 1 is 1.18 bits per heavy atom. The summed E-state index contributed by atoms with van der Waals surface area (Å²) in [6.07, 6.45) is 2.08. The van der Waals surface area contributed by atoms with Crippen LogP contribution in [0.1, 0.15) is 23.1 Å². The van der Waals surface area contributed by atoms with Crippen molar-refractivity contribution in [3.05, 3.63) is 65.6 Å². The Hall–Kier alpha value is -2.70. The van der Waals surface area contributed by atoms with Gasteiger partial charge in [-0.05, 0) is 43.3 Å². The predicted molar refractivity (Wildman–Crippen MR) is 108 cm³/mol. The number of pyridine rings is 1. The zero-order valence-corrected chi connectivity index (χ0v) is 16.6. The number of rotatable bonds is 5. The van der Waals surface area contributed by atoms with E-state index in [1.807, 2.05) is 42.1 Å². The molecule has 4 rings (SSSR count). The molecule has 1 saturated heterocycles. The second-order valence-corrected chi connectivity index (χ2v) is 7.18. The second kappa shape index (κ2) is 8.12. The molecule has 146 valence electrons. The van der Waals surface area contributed by atoms with Crippen LogP contribution in [0.2, 0.25) is 0 Å². The normalized spacial score (nSPS) is 17.6. The predicted octanol–water partition coefficient (Wildman–Crippen LogP) is 3.37. The van der Waals surface area contributed by atoms with Gasteiger partial charge in [-0.1, -0.05) is 6.07 Å². The van der Waals surface area contributed by atoms with Gasteiger partial charge in [0.05, 0.1) is 30.8 Å². The highest BCUT2D eigenvalue weighted by Crippen LogP contribution is 2.26. The number of ether oxygens (including phenoxy) is 2. The lowest BCUT2D eigenvalue weighted by atomic mass is 10.1.